The Labute approximate surface area is 493 Å². The number of ether oxygens (including phenoxy) is 3. The van der Waals surface area contributed by atoms with Crippen molar-refractivity contribution in [3.8, 4) is 0 Å². The standard InChI is InChI=1S/C64H98N6O13/c1-14-42(6)59(68(11)63(78)50(40(2)3)36-53(72)58(41(4)5)67(9)10)55(81-12)37-57(75)70-31-19-23-52(70)60(82-13)44(8)62(77)66-51(35-45-20-16-15-17-21-45)54(73)39-83-38-46-25-27-48(28-26-46)65-61(76)43(7)34-49(71)22-18-24-56(74)69-32-29-47(30-33-69)64(79)80/h15-17,20-21,25-28,40-44,47,50-52,55,58-60H,14,18-19,22-24,29-39H2,1-13H3,(H,65,76)(H,66,77)(H,79,80)/t42-,43-,44+,50-,51-,52-,55+,58-,59-,60+/m0/s1. The van der Waals surface area contributed by atoms with E-state index in [1.165, 1.54) is 7.11 Å². The molecule has 3 N–H and O–H groups in total. The number of benzene rings is 2. The van der Waals surface area contributed by atoms with Gasteiger partial charge in [0, 0.05) is 84.1 Å². The molecule has 2 saturated heterocycles. The van der Waals surface area contributed by atoms with E-state index in [9.17, 15) is 48.3 Å². The van der Waals surface area contributed by atoms with Crippen molar-refractivity contribution >= 4 is 58.5 Å². The Morgan fingerprint density at radius 1 is 0.723 bits per heavy atom. The number of hydrogen-bond acceptors (Lipinski definition) is 13. The predicted molar refractivity (Wildman–Crippen MR) is 318 cm³/mol. The van der Waals surface area contributed by atoms with Gasteiger partial charge in [-0.1, -0.05) is 104 Å². The lowest BCUT2D eigenvalue weighted by Gasteiger charge is -2.41. The van der Waals surface area contributed by atoms with Crippen LogP contribution in [-0.4, -0.2) is 176 Å². The summed E-state index contributed by atoms with van der Waals surface area (Å²) in [4.78, 5) is 128. The first-order valence-corrected chi connectivity index (χ1v) is 30.0. The number of rotatable bonds is 35. The van der Waals surface area contributed by atoms with Crippen molar-refractivity contribution in [2.75, 3.05) is 66.9 Å². The number of carboxylic acids is 1. The van der Waals surface area contributed by atoms with Crippen LogP contribution in [0, 0.1) is 41.4 Å². The summed E-state index contributed by atoms with van der Waals surface area (Å²) < 4.78 is 18.1. The van der Waals surface area contributed by atoms with Crippen molar-refractivity contribution in [1.82, 2.24) is 24.9 Å². The van der Waals surface area contributed by atoms with Gasteiger partial charge in [0.05, 0.1) is 61.2 Å². The van der Waals surface area contributed by atoms with E-state index in [4.69, 9.17) is 14.2 Å². The summed E-state index contributed by atoms with van der Waals surface area (Å²) in [6.07, 6.45) is 2.43. The molecule has 5 amide bonds. The fourth-order valence-corrected chi connectivity index (χ4v) is 12.0. The smallest absolute Gasteiger partial charge is 0.306 e. The molecule has 83 heavy (non-hydrogen) atoms. The van der Waals surface area contributed by atoms with Gasteiger partial charge in [0.1, 0.15) is 12.4 Å². The number of methoxy groups -OCH3 is 2. The van der Waals surface area contributed by atoms with Gasteiger partial charge in [0.15, 0.2) is 11.6 Å². The van der Waals surface area contributed by atoms with Crippen molar-refractivity contribution < 1.29 is 62.5 Å². The van der Waals surface area contributed by atoms with E-state index in [2.05, 4.69) is 10.6 Å². The number of piperidine rings is 1. The minimum atomic E-state index is -0.951. The molecule has 2 aliphatic rings. The van der Waals surface area contributed by atoms with Gasteiger partial charge in [-0.25, -0.2) is 0 Å². The molecule has 2 heterocycles. The van der Waals surface area contributed by atoms with Crippen molar-refractivity contribution in [1.29, 1.82) is 0 Å². The monoisotopic (exact) mass is 1160 g/mol. The highest BCUT2D eigenvalue weighted by Gasteiger charge is 2.44. The summed E-state index contributed by atoms with van der Waals surface area (Å²) >= 11 is 0. The zero-order chi connectivity index (χ0) is 61.7. The molecule has 0 aromatic heterocycles. The third-order valence-electron chi connectivity index (χ3n) is 17.1. The molecule has 4 rings (SSSR count). The number of nitrogens with one attached hydrogen (secondary N) is 2. The van der Waals surface area contributed by atoms with E-state index < -0.39 is 65.9 Å². The molecule has 0 spiro atoms. The molecule has 19 heteroatoms. The summed E-state index contributed by atoms with van der Waals surface area (Å²) in [7, 11) is 8.58. The van der Waals surface area contributed by atoms with Gasteiger partial charge in [-0.2, -0.15) is 0 Å². The van der Waals surface area contributed by atoms with E-state index in [1.54, 1.807) is 67.0 Å². The molecule has 0 aliphatic carbocycles. The normalized spacial score (nSPS) is 18.1. The van der Waals surface area contributed by atoms with Crippen molar-refractivity contribution in [2.45, 2.75) is 175 Å². The average Bonchev–Trinajstić information content (AvgIpc) is 4.23. The lowest BCUT2D eigenvalue weighted by Crippen LogP contribution is -2.55. The number of anilines is 1. The summed E-state index contributed by atoms with van der Waals surface area (Å²) in [5.41, 5.74) is 2.07. The molecule has 10 atom stereocenters. The van der Waals surface area contributed by atoms with Crippen molar-refractivity contribution in [3.05, 3.63) is 65.7 Å². The number of carbonyl (C=O) groups is 9. The number of likely N-dealkylation sites (N-methyl/N-ethyl adjacent to an activating group) is 2. The molecule has 462 valence electrons. The van der Waals surface area contributed by atoms with Crippen LogP contribution in [0.5, 0.6) is 0 Å². The fraction of sp³-hybridized carbons (Fsp3) is 0.672. The number of amides is 5. The number of likely N-dealkylation sites (tertiary alicyclic amines) is 2. The van der Waals surface area contributed by atoms with Crippen LogP contribution < -0.4 is 10.6 Å². The molecule has 0 radical (unpaired) electrons. The third kappa shape index (κ3) is 20.7. The lowest BCUT2D eigenvalue weighted by atomic mass is 9.83. The minimum Gasteiger partial charge on any atom is -0.481 e. The van der Waals surface area contributed by atoms with Crippen LogP contribution >= 0.6 is 0 Å². The molecule has 2 aromatic rings. The van der Waals surface area contributed by atoms with E-state index in [1.807, 2.05) is 90.9 Å². The zero-order valence-corrected chi connectivity index (χ0v) is 51.9. The summed E-state index contributed by atoms with van der Waals surface area (Å²) in [6.45, 7) is 16.4. The Morgan fingerprint density at radius 2 is 1.37 bits per heavy atom. The first-order valence-electron chi connectivity index (χ1n) is 30.0. The maximum absolute atomic E-state index is 14.5. The number of Topliss-reactive ketones (excluding diaryl/α,β-unsaturated/α-hetero) is 3. The summed E-state index contributed by atoms with van der Waals surface area (Å²) in [5, 5.41) is 15.0. The lowest BCUT2D eigenvalue weighted by molar-refractivity contribution is -0.149. The average molecular weight is 1160 g/mol. The Bertz CT molecular complexity index is 2440. The van der Waals surface area contributed by atoms with E-state index in [0.717, 1.165) is 11.1 Å². The van der Waals surface area contributed by atoms with Crippen LogP contribution in [0.4, 0.5) is 5.69 Å². The molecular formula is C64H98N6O13. The van der Waals surface area contributed by atoms with Crippen LogP contribution in [0.25, 0.3) is 0 Å². The highest BCUT2D eigenvalue weighted by atomic mass is 16.5. The van der Waals surface area contributed by atoms with Gasteiger partial charge >= 0.3 is 5.97 Å². The number of carboxylic acid groups (broad SMARTS) is 1. The van der Waals surface area contributed by atoms with Gasteiger partial charge in [0.25, 0.3) is 0 Å². The van der Waals surface area contributed by atoms with Crippen LogP contribution in [0.2, 0.25) is 0 Å². The van der Waals surface area contributed by atoms with E-state index >= 15 is 0 Å². The second-order valence-electron chi connectivity index (χ2n) is 24.1. The molecule has 2 fully saturated rings. The van der Waals surface area contributed by atoms with Gasteiger partial charge in [-0.05, 0) is 93.6 Å². The fourth-order valence-electron chi connectivity index (χ4n) is 12.0. The number of nitrogens with zero attached hydrogens (tertiary/aromatic N) is 4. The topological polar surface area (TPSA) is 239 Å². The first-order chi connectivity index (χ1) is 39.3. The second kappa shape index (κ2) is 34.2. The summed E-state index contributed by atoms with van der Waals surface area (Å²) in [6, 6.07) is 14.0. The Balaban J connectivity index is 1.34. The zero-order valence-electron chi connectivity index (χ0n) is 51.9. The van der Waals surface area contributed by atoms with E-state index in [-0.39, 0.29) is 117 Å². The maximum atomic E-state index is 14.5. The van der Waals surface area contributed by atoms with E-state index in [0.29, 0.717) is 63.8 Å². The molecule has 0 saturated carbocycles. The molecule has 2 aliphatic heterocycles. The number of carbonyl (C=O) groups excluding carboxylic acids is 8. The molecule has 19 nitrogen and oxygen atoms in total. The quantitative estimate of drug-likeness (QED) is 0.0616. The van der Waals surface area contributed by atoms with Gasteiger partial charge in [-0.15, -0.1) is 0 Å². The highest BCUT2D eigenvalue weighted by molar-refractivity contribution is 5.95. The maximum Gasteiger partial charge on any atom is 0.306 e. The minimum absolute atomic E-state index is 0.0182. The second-order valence-corrected chi connectivity index (χ2v) is 24.1. The molecule has 0 unspecified atom stereocenters. The SMILES string of the molecule is CC[C@H](C)[C@@H]([C@@H](CC(=O)N1CCC[C@H]1[C@H](OC)[C@@H](C)C(=O)N[C@@H](Cc1ccccc1)C(=O)COCc1ccc(NC(=O)[C@@H](C)CC(=O)CCCC(=O)N2CCC(C(=O)O)CC2)cc1)OC)N(C)C(=O)[C@@H](CC(=O)[C@H](C(C)C)N(C)C)C(C)C. The largest absolute Gasteiger partial charge is 0.481 e. The van der Waals surface area contributed by atoms with Crippen molar-refractivity contribution in [2.24, 2.45) is 41.4 Å². The highest BCUT2D eigenvalue weighted by Crippen LogP contribution is 2.32. The first kappa shape index (κ1) is 69.6. The van der Waals surface area contributed by atoms with Crippen LogP contribution in [-0.2, 0) is 70.4 Å². The number of ketones is 3. The van der Waals surface area contributed by atoms with Crippen LogP contribution in [0.3, 0.4) is 0 Å². The third-order valence-corrected chi connectivity index (χ3v) is 17.1. The predicted octanol–water partition coefficient (Wildman–Crippen LogP) is 7.27. The molecule has 0 bridgehead atoms. The summed E-state index contributed by atoms with van der Waals surface area (Å²) in [5.74, 6) is -4.99. The van der Waals surface area contributed by atoms with Gasteiger partial charge < -0.3 is 44.7 Å². The van der Waals surface area contributed by atoms with Gasteiger partial charge in [0.2, 0.25) is 29.5 Å². The molecular weight excluding hydrogens is 1060 g/mol. The van der Waals surface area contributed by atoms with Crippen molar-refractivity contribution in [3.63, 3.8) is 0 Å². The Kier molecular flexibility index (Phi) is 28.6. The Hall–Kier alpha value is -5.89. The molecule has 2 aromatic carbocycles. The number of hydrogen-bond donors (Lipinski definition) is 3. The van der Waals surface area contributed by atoms with Gasteiger partial charge in [-0.3, -0.25) is 48.1 Å². The van der Waals surface area contributed by atoms with Crippen LogP contribution in [0.15, 0.2) is 54.6 Å². The Morgan fingerprint density at radius 3 is 1.94 bits per heavy atom. The van der Waals surface area contributed by atoms with Crippen LogP contribution in [0.1, 0.15) is 137 Å². The number of aliphatic carboxylic acids is 1.